The average molecular weight is 436 g/mol. The van der Waals surface area contributed by atoms with Crippen LogP contribution in [0.3, 0.4) is 0 Å². The van der Waals surface area contributed by atoms with Gasteiger partial charge >= 0.3 is 0 Å². The number of hydrogen-bond donors (Lipinski definition) is 2. The maximum absolute atomic E-state index is 6.32. The second-order valence-corrected chi connectivity index (χ2v) is 6.77. The Kier molecular flexibility index (Phi) is 9.41. The highest BCUT2D eigenvalue weighted by Crippen LogP contribution is 2.38. The molecule has 2 aromatic rings. The van der Waals surface area contributed by atoms with E-state index in [-0.39, 0.29) is 0 Å². The van der Waals surface area contributed by atoms with Crippen molar-refractivity contribution in [1.29, 1.82) is 0 Å². The summed E-state index contributed by atoms with van der Waals surface area (Å²) in [6, 6.07) is 9.49. The van der Waals surface area contributed by atoms with Crippen molar-refractivity contribution in [3.8, 4) is 23.0 Å². The summed E-state index contributed by atoms with van der Waals surface area (Å²) in [7, 11) is 6.40. The summed E-state index contributed by atoms with van der Waals surface area (Å²) in [5, 5.41) is 7.28. The number of nitrogens with one attached hydrogen (secondary N) is 2. The summed E-state index contributed by atoms with van der Waals surface area (Å²) in [4.78, 5) is 4.66. The summed E-state index contributed by atoms with van der Waals surface area (Å²) in [6.45, 7) is 3.92. The third-order valence-electron chi connectivity index (χ3n) is 4.44. The lowest BCUT2D eigenvalue weighted by molar-refractivity contribution is 0.324. The Labute approximate surface area is 183 Å². The number of benzene rings is 2. The molecule has 0 aliphatic rings. The van der Waals surface area contributed by atoms with Crippen LogP contribution in [-0.2, 0) is 13.0 Å². The molecule has 2 aromatic carbocycles. The summed E-state index contributed by atoms with van der Waals surface area (Å²) in [5.74, 6) is 3.24. The molecule has 0 fully saturated rings. The Morgan fingerprint density at radius 3 is 2.17 bits per heavy atom. The number of aliphatic imine (C=N–C) groups is 1. The van der Waals surface area contributed by atoms with Gasteiger partial charge in [-0.1, -0.05) is 17.7 Å². The molecule has 0 aliphatic carbocycles. The van der Waals surface area contributed by atoms with E-state index in [9.17, 15) is 0 Å². The highest BCUT2D eigenvalue weighted by Gasteiger charge is 2.13. The molecule has 7 nitrogen and oxygen atoms in total. The predicted octanol–water partition coefficient (Wildman–Crippen LogP) is 3.67. The Bertz CT molecular complexity index is 833. The van der Waals surface area contributed by atoms with E-state index in [1.165, 1.54) is 0 Å². The average Bonchev–Trinajstić information content (AvgIpc) is 2.77. The van der Waals surface area contributed by atoms with Crippen LogP contribution >= 0.6 is 11.6 Å². The van der Waals surface area contributed by atoms with Crippen LogP contribution in [0.2, 0.25) is 5.02 Å². The quantitative estimate of drug-likeness (QED) is 0.438. The summed E-state index contributed by atoms with van der Waals surface area (Å²) >= 11 is 6.32. The fourth-order valence-corrected chi connectivity index (χ4v) is 3.18. The maximum atomic E-state index is 6.32. The molecule has 0 amide bonds. The predicted molar refractivity (Wildman–Crippen MR) is 121 cm³/mol. The normalized spacial score (nSPS) is 11.1. The van der Waals surface area contributed by atoms with Crippen molar-refractivity contribution in [2.24, 2.45) is 4.99 Å². The van der Waals surface area contributed by atoms with Crippen molar-refractivity contribution in [3.05, 3.63) is 46.5 Å². The molecule has 0 heterocycles. The van der Waals surface area contributed by atoms with Crippen LogP contribution in [0.1, 0.15) is 18.1 Å². The molecule has 0 unspecified atom stereocenters. The Morgan fingerprint density at radius 2 is 1.63 bits per heavy atom. The van der Waals surface area contributed by atoms with E-state index in [0.29, 0.717) is 35.4 Å². The Hall–Kier alpha value is -2.80. The first kappa shape index (κ1) is 23.5. The summed E-state index contributed by atoms with van der Waals surface area (Å²) in [5.41, 5.74) is 1.99. The standard InChI is InChI=1S/C22H30ClN3O4/c1-6-24-22(25-10-9-16-7-8-17(27-2)13-18(16)23)26-14-15-11-19(28-3)21(30-5)20(12-15)29-4/h7-8,11-13H,6,9-10,14H2,1-5H3,(H2,24,25,26). The minimum atomic E-state index is 0.454. The summed E-state index contributed by atoms with van der Waals surface area (Å²) in [6.07, 6.45) is 0.761. The van der Waals surface area contributed by atoms with Crippen LogP contribution in [0, 0.1) is 0 Å². The summed E-state index contributed by atoms with van der Waals surface area (Å²) < 4.78 is 21.4. The first-order chi connectivity index (χ1) is 14.6. The van der Waals surface area contributed by atoms with Crippen molar-refractivity contribution >= 4 is 17.6 Å². The number of guanidine groups is 1. The van der Waals surface area contributed by atoms with Gasteiger partial charge in [0.15, 0.2) is 17.5 Å². The van der Waals surface area contributed by atoms with Crippen molar-refractivity contribution in [3.63, 3.8) is 0 Å². The van der Waals surface area contributed by atoms with Gasteiger partial charge in [0.2, 0.25) is 5.75 Å². The van der Waals surface area contributed by atoms with Crippen LogP contribution in [0.25, 0.3) is 0 Å². The Morgan fingerprint density at radius 1 is 0.933 bits per heavy atom. The molecule has 0 atom stereocenters. The van der Waals surface area contributed by atoms with Gasteiger partial charge in [-0.15, -0.1) is 0 Å². The molecule has 0 radical (unpaired) electrons. The van der Waals surface area contributed by atoms with E-state index in [1.54, 1.807) is 28.4 Å². The third kappa shape index (κ3) is 6.35. The van der Waals surface area contributed by atoms with Gasteiger partial charge in [-0.2, -0.15) is 0 Å². The lowest BCUT2D eigenvalue weighted by Crippen LogP contribution is -2.38. The van der Waals surface area contributed by atoms with Crippen molar-refractivity contribution < 1.29 is 18.9 Å². The second-order valence-electron chi connectivity index (χ2n) is 6.36. The zero-order chi connectivity index (χ0) is 21.9. The molecular weight excluding hydrogens is 406 g/mol. The van der Waals surface area contributed by atoms with Gasteiger partial charge in [-0.25, -0.2) is 4.99 Å². The minimum Gasteiger partial charge on any atom is -0.497 e. The number of methoxy groups -OCH3 is 4. The van der Waals surface area contributed by atoms with Crippen molar-refractivity contribution in [2.45, 2.75) is 19.9 Å². The molecule has 0 aromatic heterocycles. The molecule has 0 bridgehead atoms. The largest absolute Gasteiger partial charge is 0.497 e. The minimum absolute atomic E-state index is 0.454. The lowest BCUT2D eigenvalue weighted by atomic mass is 10.1. The number of nitrogens with zero attached hydrogens (tertiary/aromatic N) is 1. The van der Waals surface area contributed by atoms with Gasteiger partial charge < -0.3 is 29.6 Å². The van der Waals surface area contributed by atoms with Crippen LogP contribution < -0.4 is 29.6 Å². The Balaban J connectivity index is 2.05. The molecule has 30 heavy (non-hydrogen) atoms. The maximum Gasteiger partial charge on any atom is 0.203 e. The van der Waals surface area contributed by atoms with E-state index in [1.807, 2.05) is 37.3 Å². The van der Waals surface area contributed by atoms with Gasteiger partial charge in [0, 0.05) is 18.1 Å². The number of ether oxygens (including phenoxy) is 4. The third-order valence-corrected chi connectivity index (χ3v) is 4.79. The van der Waals surface area contributed by atoms with Crippen molar-refractivity contribution in [1.82, 2.24) is 10.6 Å². The monoisotopic (exact) mass is 435 g/mol. The molecule has 2 rings (SSSR count). The van der Waals surface area contributed by atoms with Gasteiger partial charge in [-0.05, 0) is 48.7 Å². The molecule has 8 heteroatoms. The highest BCUT2D eigenvalue weighted by atomic mass is 35.5. The zero-order valence-corrected chi connectivity index (χ0v) is 18.9. The first-order valence-electron chi connectivity index (χ1n) is 9.69. The van der Waals surface area contributed by atoms with Crippen LogP contribution in [0.15, 0.2) is 35.3 Å². The van der Waals surface area contributed by atoms with E-state index >= 15 is 0 Å². The van der Waals surface area contributed by atoms with E-state index < -0.39 is 0 Å². The van der Waals surface area contributed by atoms with E-state index in [0.717, 1.165) is 35.8 Å². The highest BCUT2D eigenvalue weighted by molar-refractivity contribution is 6.31. The lowest BCUT2D eigenvalue weighted by Gasteiger charge is -2.14. The van der Waals surface area contributed by atoms with Gasteiger partial charge in [0.1, 0.15) is 5.75 Å². The molecule has 2 N–H and O–H groups in total. The van der Waals surface area contributed by atoms with Crippen LogP contribution in [-0.4, -0.2) is 47.5 Å². The number of hydrogen-bond acceptors (Lipinski definition) is 5. The fraction of sp³-hybridized carbons (Fsp3) is 0.409. The van der Waals surface area contributed by atoms with Crippen LogP contribution in [0.4, 0.5) is 0 Å². The smallest absolute Gasteiger partial charge is 0.203 e. The van der Waals surface area contributed by atoms with Crippen molar-refractivity contribution in [2.75, 3.05) is 41.5 Å². The number of halogens is 1. The molecular formula is C22H30ClN3O4. The fourth-order valence-electron chi connectivity index (χ4n) is 2.91. The topological polar surface area (TPSA) is 73.3 Å². The van der Waals surface area contributed by atoms with E-state index in [4.69, 9.17) is 30.5 Å². The van der Waals surface area contributed by atoms with E-state index in [2.05, 4.69) is 15.6 Å². The van der Waals surface area contributed by atoms with Crippen LogP contribution in [0.5, 0.6) is 23.0 Å². The van der Waals surface area contributed by atoms with Gasteiger partial charge in [0.25, 0.3) is 0 Å². The zero-order valence-electron chi connectivity index (χ0n) is 18.2. The molecule has 0 aliphatic heterocycles. The second kappa shape index (κ2) is 12.0. The molecule has 0 spiro atoms. The first-order valence-corrected chi connectivity index (χ1v) is 10.1. The SMILES string of the molecule is CCNC(=NCc1cc(OC)c(OC)c(OC)c1)NCCc1ccc(OC)cc1Cl. The number of rotatable bonds is 10. The molecule has 0 saturated carbocycles. The van der Waals surface area contributed by atoms with Gasteiger partial charge in [0.05, 0.1) is 35.0 Å². The molecule has 0 saturated heterocycles. The van der Waals surface area contributed by atoms with Gasteiger partial charge in [-0.3, -0.25) is 0 Å². The molecule has 164 valence electrons.